The standard InChI is InChI=1S/C9H10BrCl2N3O/c1-4(9(13)15-16)14-6-3-2-5(10)7(11)8(6)12/h2-4,14,16H,1H3,(H2,13,15). The number of nitrogens with one attached hydrogen (secondary N) is 1. The van der Waals surface area contributed by atoms with Crippen LogP contribution < -0.4 is 11.1 Å². The first-order valence-corrected chi connectivity index (χ1v) is 5.89. The third kappa shape index (κ3) is 2.93. The molecule has 0 aliphatic heterocycles. The summed E-state index contributed by atoms with van der Waals surface area (Å²) >= 11 is 15.2. The number of oxime groups is 1. The molecule has 7 heteroatoms. The molecule has 1 aromatic rings. The number of halogens is 3. The first kappa shape index (κ1) is 13.4. The van der Waals surface area contributed by atoms with Gasteiger partial charge in [0.05, 0.1) is 21.8 Å². The van der Waals surface area contributed by atoms with E-state index >= 15 is 0 Å². The van der Waals surface area contributed by atoms with E-state index in [2.05, 4.69) is 26.4 Å². The first-order valence-electron chi connectivity index (χ1n) is 4.34. The predicted molar refractivity (Wildman–Crippen MR) is 70.7 cm³/mol. The third-order valence-corrected chi connectivity index (χ3v) is 3.74. The highest BCUT2D eigenvalue weighted by molar-refractivity contribution is 9.10. The number of hydrogen-bond acceptors (Lipinski definition) is 3. The summed E-state index contributed by atoms with van der Waals surface area (Å²) in [7, 11) is 0. The van der Waals surface area contributed by atoms with Crippen molar-refractivity contribution in [1.29, 1.82) is 0 Å². The number of hydrogen-bond donors (Lipinski definition) is 3. The van der Waals surface area contributed by atoms with Gasteiger partial charge in [-0.1, -0.05) is 28.4 Å². The average molecular weight is 327 g/mol. The summed E-state index contributed by atoms with van der Waals surface area (Å²) in [5.74, 6) is 0.0649. The van der Waals surface area contributed by atoms with Gasteiger partial charge in [0, 0.05) is 4.47 Å². The molecule has 1 unspecified atom stereocenters. The van der Waals surface area contributed by atoms with Crippen molar-refractivity contribution in [2.45, 2.75) is 13.0 Å². The molecule has 0 saturated heterocycles. The maximum absolute atomic E-state index is 8.51. The second-order valence-corrected chi connectivity index (χ2v) is 4.72. The lowest BCUT2D eigenvalue weighted by Crippen LogP contribution is -2.32. The maximum atomic E-state index is 8.51. The van der Waals surface area contributed by atoms with Crippen LogP contribution in [0.5, 0.6) is 0 Å². The monoisotopic (exact) mass is 325 g/mol. The van der Waals surface area contributed by atoms with Gasteiger partial charge >= 0.3 is 0 Å². The van der Waals surface area contributed by atoms with Crippen LogP contribution in [0.25, 0.3) is 0 Å². The van der Waals surface area contributed by atoms with E-state index in [1.807, 2.05) is 0 Å². The van der Waals surface area contributed by atoms with Gasteiger partial charge in [-0.3, -0.25) is 0 Å². The summed E-state index contributed by atoms with van der Waals surface area (Å²) in [4.78, 5) is 0. The molecule has 0 radical (unpaired) electrons. The van der Waals surface area contributed by atoms with Gasteiger partial charge in [0.2, 0.25) is 0 Å². The molecule has 0 spiro atoms. The number of anilines is 1. The number of nitrogens with two attached hydrogens (primary N) is 1. The van der Waals surface area contributed by atoms with E-state index in [1.54, 1.807) is 19.1 Å². The zero-order chi connectivity index (χ0) is 12.3. The van der Waals surface area contributed by atoms with E-state index in [4.69, 9.17) is 34.1 Å². The second-order valence-electron chi connectivity index (χ2n) is 3.11. The molecule has 16 heavy (non-hydrogen) atoms. The van der Waals surface area contributed by atoms with Gasteiger partial charge in [-0.2, -0.15) is 0 Å². The molecular formula is C9H10BrCl2N3O. The molecule has 1 aromatic carbocycles. The molecule has 1 atom stereocenters. The smallest absolute Gasteiger partial charge is 0.161 e. The molecule has 0 bridgehead atoms. The van der Waals surface area contributed by atoms with Crippen LogP contribution in [0.15, 0.2) is 21.8 Å². The van der Waals surface area contributed by atoms with Crippen LogP contribution >= 0.6 is 39.1 Å². The maximum Gasteiger partial charge on any atom is 0.161 e. The molecule has 1 rings (SSSR count). The van der Waals surface area contributed by atoms with Crippen LogP contribution in [0.4, 0.5) is 5.69 Å². The van der Waals surface area contributed by atoms with Gasteiger partial charge in [-0.15, -0.1) is 0 Å². The van der Waals surface area contributed by atoms with Gasteiger partial charge < -0.3 is 16.3 Å². The fourth-order valence-electron chi connectivity index (χ4n) is 1.03. The van der Waals surface area contributed by atoms with E-state index in [1.165, 1.54) is 0 Å². The topological polar surface area (TPSA) is 70.6 Å². The average Bonchev–Trinajstić information content (AvgIpc) is 2.28. The Hall–Kier alpha value is -0.650. The second kappa shape index (κ2) is 5.61. The minimum absolute atomic E-state index is 0.0649. The summed E-state index contributed by atoms with van der Waals surface area (Å²) < 4.78 is 0.709. The molecule has 4 nitrogen and oxygen atoms in total. The first-order chi connectivity index (χ1) is 7.47. The fourth-order valence-corrected chi connectivity index (χ4v) is 1.86. The Kier molecular flexibility index (Phi) is 4.70. The van der Waals surface area contributed by atoms with Gasteiger partial charge in [0.25, 0.3) is 0 Å². The molecule has 88 valence electrons. The van der Waals surface area contributed by atoms with E-state index in [0.29, 0.717) is 20.2 Å². The lowest BCUT2D eigenvalue weighted by Gasteiger charge is -2.15. The van der Waals surface area contributed by atoms with Crippen LogP contribution in [0.2, 0.25) is 10.0 Å². The van der Waals surface area contributed by atoms with Crippen LogP contribution in [0.1, 0.15) is 6.92 Å². The molecule has 0 amide bonds. The van der Waals surface area contributed by atoms with Crippen molar-refractivity contribution in [3.63, 3.8) is 0 Å². The van der Waals surface area contributed by atoms with E-state index in [9.17, 15) is 0 Å². The quantitative estimate of drug-likeness (QED) is 0.262. The molecule has 0 aliphatic carbocycles. The Morgan fingerprint density at radius 2 is 2.12 bits per heavy atom. The SMILES string of the molecule is CC(Nc1ccc(Br)c(Cl)c1Cl)/C(N)=N/O. The highest BCUT2D eigenvalue weighted by Crippen LogP contribution is 2.35. The Morgan fingerprint density at radius 1 is 1.50 bits per heavy atom. The summed E-state index contributed by atoms with van der Waals surface area (Å²) in [6.45, 7) is 1.74. The largest absolute Gasteiger partial charge is 0.409 e. The van der Waals surface area contributed by atoms with Crippen molar-refractivity contribution in [1.82, 2.24) is 0 Å². The van der Waals surface area contributed by atoms with Gasteiger partial charge in [-0.05, 0) is 35.0 Å². The molecule has 0 saturated carbocycles. The molecule has 4 N–H and O–H groups in total. The van der Waals surface area contributed by atoms with Crippen molar-refractivity contribution in [2.75, 3.05) is 5.32 Å². The molecule has 0 aliphatic rings. The number of rotatable bonds is 3. The summed E-state index contributed by atoms with van der Waals surface area (Å²) in [5, 5.41) is 15.2. The fraction of sp³-hybridized carbons (Fsp3) is 0.222. The molecular weight excluding hydrogens is 317 g/mol. The predicted octanol–water partition coefficient (Wildman–Crippen LogP) is 3.30. The van der Waals surface area contributed by atoms with Crippen LogP contribution in [-0.4, -0.2) is 17.1 Å². The van der Waals surface area contributed by atoms with Gasteiger partial charge in [0.15, 0.2) is 5.84 Å². The van der Waals surface area contributed by atoms with Crippen molar-refractivity contribution in [2.24, 2.45) is 10.9 Å². The number of amidine groups is 1. The Labute approximate surface area is 112 Å². The highest BCUT2D eigenvalue weighted by atomic mass is 79.9. The normalized spacial score (nSPS) is 13.6. The zero-order valence-corrected chi connectivity index (χ0v) is 11.4. The van der Waals surface area contributed by atoms with Gasteiger partial charge in [0.1, 0.15) is 0 Å². The number of benzene rings is 1. The summed E-state index contributed by atoms with van der Waals surface area (Å²) in [6.07, 6.45) is 0. The van der Waals surface area contributed by atoms with Gasteiger partial charge in [-0.25, -0.2) is 0 Å². The minimum atomic E-state index is -0.347. The van der Waals surface area contributed by atoms with Crippen LogP contribution in [-0.2, 0) is 0 Å². The molecule has 0 heterocycles. The zero-order valence-electron chi connectivity index (χ0n) is 8.34. The van der Waals surface area contributed by atoms with Crippen molar-refractivity contribution in [3.05, 3.63) is 26.7 Å². The lowest BCUT2D eigenvalue weighted by atomic mass is 10.2. The van der Waals surface area contributed by atoms with Crippen LogP contribution in [0, 0.1) is 0 Å². The van der Waals surface area contributed by atoms with E-state index < -0.39 is 0 Å². The lowest BCUT2D eigenvalue weighted by molar-refractivity contribution is 0.316. The molecule has 0 aromatic heterocycles. The van der Waals surface area contributed by atoms with Crippen molar-refractivity contribution < 1.29 is 5.21 Å². The Morgan fingerprint density at radius 3 is 2.69 bits per heavy atom. The van der Waals surface area contributed by atoms with Crippen molar-refractivity contribution >= 4 is 50.7 Å². The summed E-state index contributed by atoms with van der Waals surface area (Å²) in [5.41, 5.74) is 6.05. The van der Waals surface area contributed by atoms with Crippen LogP contribution in [0.3, 0.4) is 0 Å². The highest BCUT2D eigenvalue weighted by Gasteiger charge is 2.12. The minimum Gasteiger partial charge on any atom is -0.409 e. The third-order valence-electron chi connectivity index (χ3n) is 1.97. The Balaban J connectivity index is 2.95. The van der Waals surface area contributed by atoms with E-state index in [0.717, 1.165) is 0 Å². The Bertz CT molecular complexity index is 425. The molecule has 0 fully saturated rings. The number of nitrogens with zero attached hydrogens (tertiary/aromatic N) is 1. The van der Waals surface area contributed by atoms with E-state index in [-0.39, 0.29) is 11.9 Å². The van der Waals surface area contributed by atoms with Crippen molar-refractivity contribution in [3.8, 4) is 0 Å². The summed E-state index contributed by atoms with van der Waals surface area (Å²) in [6, 6.07) is 3.16.